The van der Waals surface area contributed by atoms with Crippen LogP contribution >= 0.6 is 0 Å². The summed E-state index contributed by atoms with van der Waals surface area (Å²) in [6.07, 6.45) is 2.42. The number of hydrogen-bond donors (Lipinski definition) is 1. The zero-order chi connectivity index (χ0) is 12.6. The van der Waals surface area contributed by atoms with Crippen molar-refractivity contribution in [2.75, 3.05) is 0 Å². The molecule has 1 N–H and O–H groups in total. The second kappa shape index (κ2) is 4.58. The number of esters is 1. The lowest BCUT2D eigenvalue weighted by Gasteiger charge is -2.26. The lowest BCUT2D eigenvalue weighted by atomic mass is 9.90. The zero-order valence-electron chi connectivity index (χ0n) is 10.8. The van der Waals surface area contributed by atoms with Gasteiger partial charge in [-0.1, -0.05) is 13.3 Å². The second-order valence-electron chi connectivity index (χ2n) is 5.77. The number of carbonyl (C=O) groups excluding carboxylic acids is 1. The fraction of sp³-hybridized carbons (Fsp3) is 0.923. The Bertz CT molecular complexity index is 300. The van der Waals surface area contributed by atoms with Crippen LogP contribution in [0.3, 0.4) is 0 Å². The molecule has 0 bridgehead atoms. The lowest BCUT2D eigenvalue weighted by molar-refractivity contribution is -0.180. The first-order valence-corrected chi connectivity index (χ1v) is 6.50. The molecule has 0 aromatic rings. The van der Waals surface area contributed by atoms with E-state index in [0.717, 1.165) is 25.7 Å². The summed E-state index contributed by atoms with van der Waals surface area (Å²) >= 11 is 0. The van der Waals surface area contributed by atoms with Crippen LogP contribution in [0.15, 0.2) is 0 Å². The second-order valence-corrected chi connectivity index (χ2v) is 5.77. The molecule has 2 fully saturated rings. The van der Waals surface area contributed by atoms with Gasteiger partial charge in [0.25, 0.3) is 0 Å². The Morgan fingerprint density at radius 3 is 2.82 bits per heavy atom. The molecule has 4 nitrogen and oxygen atoms in total. The number of aliphatic hydroxyl groups excluding tert-OH is 1. The summed E-state index contributed by atoms with van der Waals surface area (Å²) < 4.78 is 10.9. The number of ether oxygens (including phenoxy) is 2. The monoisotopic (exact) mass is 242 g/mol. The van der Waals surface area contributed by atoms with Crippen molar-refractivity contribution in [3.8, 4) is 0 Å². The molecule has 4 atom stereocenters. The zero-order valence-corrected chi connectivity index (χ0v) is 10.8. The van der Waals surface area contributed by atoms with Crippen LogP contribution in [0.2, 0.25) is 0 Å². The van der Waals surface area contributed by atoms with E-state index in [2.05, 4.69) is 0 Å². The normalized spacial score (nSPS) is 36.9. The summed E-state index contributed by atoms with van der Waals surface area (Å²) in [5, 5.41) is 9.78. The van der Waals surface area contributed by atoms with Crippen LogP contribution in [-0.4, -0.2) is 29.6 Å². The van der Waals surface area contributed by atoms with E-state index in [1.807, 2.05) is 20.8 Å². The standard InChI is InChI=1S/C13H22O4/c1-4-13(2,3)12(15)17-10-8-6-5-7-9(8)16-11(10)14/h8-11,14H,4-7H2,1-3H3/t8-,9+,10-,11+/m0/s1. The molecule has 0 aromatic heterocycles. The highest BCUT2D eigenvalue weighted by Crippen LogP contribution is 2.40. The lowest BCUT2D eigenvalue weighted by Crippen LogP contribution is -2.37. The molecule has 1 saturated carbocycles. The molecule has 2 rings (SSSR count). The smallest absolute Gasteiger partial charge is 0.311 e. The van der Waals surface area contributed by atoms with Gasteiger partial charge in [-0.15, -0.1) is 0 Å². The van der Waals surface area contributed by atoms with Gasteiger partial charge in [0.2, 0.25) is 0 Å². The fourth-order valence-corrected chi connectivity index (χ4v) is 2.54. The average molecular weight is 242 g/mol. The van der Waals surface area contributed by atoms with Gasteiger partial charge < -0.3 is 14.6 Å². The Hall–Kier alpha value is -0.610. The van der Waals surface area contributed by atoms with Gasteiger partial charge in [-0.2, -0.15) is 0 Å². The molecule has 0 unspecified atom stereocenters. The minimum Gasteiger partial charge on any atom is -0.456 e. The molecule has 0 spiro atoms. The Balaban J connectivity index is 2.01. The van der Waals surface area contributed by atoms with Crippen molar-refractivity contribution in [3.05, 3.63) is 0 Å². The molecule has 17 heavy (non-hydrogen) atoms. The van der Waals surface area contributed by atoms with Gasteiger partial charge in [0, 0.05) is 5.92 Å². The number of rotatable bonds is 3. The largest absolute Gasteiger partial charge is 0.456 e. The third-order valence-corrected chi connectivity index (χ3v) is 4.20. The van der Waals surface area contributed by atoms with E-state index in [4.69, 9.17) is 9.47 Å². The molecule has 1 saturated heterocycles. The fourth-order valence-electron chi connectivity index (χ4n) is 2.54. The van der Waals surface area contributed by atoms with Crippen LogP contribution in [0.5, 0.6) is 0 Å². The van der Waals surface area contributed by atoms with Gasteiger partial charge in [-0.25, -0.2) is 0 Å². The minimum atomic E-state index is -0.943. The van der Waals surface area contributed by atoms with Crippen molar-refractivity contribution in [3.63, 3.8) is 0 Å². The van der Waals surface area contributed by atoms with Gasteiger partial charge in [-0.05, 0) is 33.1 Å². The Morgan fingerprint density at radius 1 is 1.47 bits per heavy atom. The highest BCUT2D eigenvalue weighted by atomic mass is 16.7. The van der Waals surface area contributed by atoms with E-state index >= 15 is 0 Å². The maximum Gasteiger partial charge on any atom is 0.311 e. The average Bonchev–Trinajstić information content (AvgIpc) is 2.82. The van der Waals surface area contributed by atoms with Crippen molar-refractivity contribution in [1.82, 2.24) is 0 Å². The molecule has 1 heterocycles. The van der Waals surface area contributed by atoms with Crippen LogP contribution in [0.25, 0.3) is 0 Å². The summed E-state index contributed by atoms with van der Waals surface area (Å²) in [7, 11) is 0. The van der Waals surface area contributed by atoms with E-state index in [9.17, 15) is 9.90 Å². The maximum absolute atomic E-state index is 12.0. The molecule has 0 radical (unpaired) electrons. The van der Waals surface area contributed by atoms with Crippen LogP contribution in [0, 0.1) is 11.3 Å². The third-order valence-electron chi connectivity index (χ3n) is 4.20. The van der Waals surface area contributed by atoms with Crippen molar-refractivity contribution < 1.29 is 19.4 Å². The van der Waals surface area contributed by atoms with Gasteiger partial charge in [-0.3, -0.25) is 4.79 Å². The van der Waals surface area contributed by atoms with Gasteiger partial charge in [0.05, 0.1) is 11.5 Å². The summed E-state index contributed by atoms with van der Waals surface area (Å²) in [4.78, 5) is 12.0. The van der Waals surface area contributed by atoms with Crippen LogP contribution < -0.4 is 0 Å². The van der Waals surface area contributed by atoms with E-state index in [1.165, 1.54) is 0 Å². The summed E-state index contributed by atoms with van der Waals surface area (Å²) in [5.41, 5.74) is -0.490. The molecule has 98 valence electrons. The van der Waals surface area contributed by atoms with Crippen molar-refractivity contribution in [2.45, 2.75) is 65.0 Å². The minimum absolute atomic E-state index is 0.0764. The SMILES string of the molecule is CCC(C)(C)C(=O)O[C@H]1[C@H]2CCC[C@H]2O[C@H]1O. The van der Waals surface area contributed by atoms with Crippen molar-refractivity contribution in [1.29, 1.82) is 0 Å². The predicted molar refractivity (Wildman–Crippen MR) is 62.2 cm³/mol. The van der Waals surface area contributed by atoms with E-state index in [0.29, 0.717) is 0 Å². The molecule has 0 aromatic carbocycles. The predicted octanol–water partition coefficient (Wildman–Crippen LogP) is 1.85. The topological polar surface area (TPSA) is 55.8 Å². The van der Waals surface area contributed by atoms with E-state index < -0.39 is 17.8 Å². The van der Waals surface area contributed by atoms with Gasteiger partial charge >= 0.3 is 5.97 Å². The molecule has 0 amide bonds. The van der Waals surface area contributed by atoms with Crippen molar-refractivity contribution in [2.24, 2.45) is 11.3 Å². The Kier molecular flexibility index (Phi) is 3.46. The van der Waals surface area contributed by atoms with Crippen LogP contribution in [0.4, 0.5) is 0 Å². The van der Waals surface area contributed by atoms with Crippen LogP contribution in [-0.2, 0) is 14.3 Å². The van der Waals surface area contributed by atoms with E-state index in [1.54, 1.807) is 0 Å². The molecular formula is C13H22O4. The highest BCUT2D eigenvalue weighted by molar-refractivity contribution is 5.76. The molecule has 1 aliphatic heterocycles. The maximum atomic E-state index is 12.0. The Morgan fingerprint density at radius 2 is 2.18 bits per heavy atom. The molecule has 4 heteroatoms. The summed E-state index contributed by atoms with van der Waals surface area (Å²) in [5.74, 6) is -0.0539. The van der Waals surface area contributed by atoms with Crippen LogP contribution in [0.1, 0.15) is 46.5 Å². The molecule has 1 aliphatic carbocycles. The summed E-state index contributed by atoms with van der Waals surface area (Å²) in [6, 6.07) is 0. The van der Waals surface area contributed by atoms with E-state index in [-0.39, 0.29) is 18.0 Å². The first kappa shape index (κ1) is 12.8. The quantitative estimate of drug-likeness (QED) is 0.767. The Labute approximate surface area is 102 Å². The highest BCUT2D eigenvalue weighted by Gasteiger charge is 2.49. The number of aliphatic hydroxyl groups is 1. The summed E-state index contributed by atoms with van der Waals surface area (Å²) in [6.45, 7) is 5.69. The van der Waals surface area contributed by atoms with Gasteiger partial charge in [0.1, 0.15) is 0 Å². The first-order valence-electron chi connectivity index (χ1n) is 6.50. The number of fused-ring (bicyclic) bond motifs is 1. The molecule has 2 aliphatic rings. The number of hydrogen-bond acceptors (Lipinski definition) is 4. The van der Waals surface area contributed by atoms with Crippen molar-refractivity contribution >= 4 is 5.97 Å². The molecular weight excluding hydrogens is 220 g/mol. The first-order chi connectivity index (χ1) is 7.95. The third kappa shape index (κ3) is 2.33. The van der Waals surface area contributed by atoms with Gasteiger partial charge in [0.15, 0.2) is 12.4 Å². The number of carbonyl (C=O) groups is 1.